The summed E-state index contributed by atoms with van der Waals surface area (Å²) in [5.74, 6) is -0.362. The number of nitrogens with one attached hydrogen (secondary N) is 1. The van der Waals surface area contributed by atoms with Gasteiger partial charge in [-0.15, -0.1) is 0 Å². The first kappa shape index (κ1) is 20.3. The van der Waals surface area contributed by atoms with E-state index in [4.69, 9.17) is 4.42 Å². The summed E-state index contributed by atoms with van der Waals surface area (Å²) in [4.78, 5) is 12.7. The van der Waals surface area contributed by atoms with Crippen molar-refractivity contribution >= 4 is 21.6 Å². The second kappa shape index (κ2) is 8.41. The summed E-state index contributed by atoms with van der Waals surface area (Å²) in [7, 11) is -3.59. The highest BCUT2D eigenvalue weighted by Gasteiger charge is 2.26. The molecule has 0 radical (unpaired) electrons. The van der Waals surface area contributed by atoms with Crippen molar-refractivity contribution in [3.63, 3.8) is 0 Å². The number of benzene rings is 2. The number of hydrogen-bond donors (Lipinski definition) is 1. The van der Waals surface area contributed by atoms with Crippen LogP contribution in [0.5, 0.6) is 0 Å². The van der Waals surface area contributed by atoms with E-state index in [1.807, 2.05) is 0 Å². The minimum Gasteiger partial charge on any atom is -0.451 e. The third-order valence-corrected chi connectivity index (χ3v) is 6.90. The minimum atomic E-state index is -3.59. The first-order valence-electron chi connectivity index (χ1n) is 9.71. The Morgan fingerprint density at radius 3 is 2.43 bits per heavy atom. The Balaban J connectivity index is 1.50. The molecule has 1 N–H and O–H groups in total. The topological polar surface area (TPSA) is 79.6 Å². The second-order valence-corrected chi connectivity index (χ2v) is 9.06. The quantitative estimate of drug-likeness (QED) is 0.648. The van der Waals surface area contributed by atoms with Gasteiger partial charge >= 0.3 is 0 Å². The zero-order valence-corrected chi connectivity index (χ0v) is 17.0. The van der Waals surface area contributed by atoms with Crippen LogP contribution in [0, 0.1) is 5.82 Å². The van der Waals surface area contributed by atoms with Crippen LogP contribution in [0.15, 0.2) is 70.0 Å². The van der Waals surface area contributed by atoms with Crippen LogP contribution in [0.2, 0.25) is 0 Å². The Morgan fingerprint density at radius 2 is 1.70 bits per heavy atom. The third-order valence-electron chi connectivity index (χ3n) is 5.00. The van der Waals surface area contributed by atoms with Crippen molar-refractivity contribution < 1.29 is 22.0 Å². The Morgan fingerprint density at radius 1 is 0.967 bits per heavy atom. The van der Waals surface area contributed by atoms with E-state index in [0.717, 1.165) is 19.3 Å². The van der Waals surface area contributed by atoms with Crippen LogP contribution in [0.25, 0.3) is 11.3 Å². The number of nitrogens with zero attached hydrogens (tertiary/aromatic N) is 1. The molecule has 0 aliphatic carbocycles. The van der Waals surface area contributed by atoms with Crippen LogP contribution in [0.4, 0.5) is 10.1 Å². The number of piperidine rings is 1. The second-order valence-electron chi connectivity index (χ2n) is 7.12. The van der Waals surface area contributed by atoms with E-state index in [2.05, 4.69) is 5.32 Å². The standard InChI is InChI=1S/C22H21FN2O4S/c23-17-9-7-16(8-10-17)20-11-12-21(29-20)22(26)24-18-5-4-6-19(15-18)30(27,28)25-13-2-1-3-14-25/h4-12,15H,1-3,13-14H2,(H,24,26). The molecule has 1 saturated heterocycles. The fourth-order valence-corrected chi connectivity index (χ4v) is 4.97. The summed E-state index contributed by atoms with van der Waals surface area (Å²) in [6.45, 7) is 1.02. The molecule has 0 bridgehead atoms. The number of furan rings is 1. The molecule has 1 aliphatic rings. The molecule has 156 valence electrons. The Labute approximate surface area is 174 Å². The monoisotopic (exact) mass is 428 g/mol. The van der Waals surface area contributed by atoms with Crippen LogP contribution in [-0.2, 0) is 10.0 Å². The molecule has 6 nitrogen and oxygen atoms in total. The molecule has 0 atom stereocenters. The van der Waals surface area contributed by atoms with E-state index >= 15 is 0 Å². The molecule has 30 heavy (non-hydrogen) atoms. The predicted molar refractivity (Wildman–Crippen MR) is 111 cm³/mol. The highest BCUT2D eigenvalue weighted by molar-refractivity contribution is 7.89. The van der Waals surface area contributed by atoms with Crippen LogP contribution >= 0.6 is 0 Å². The number of hydrogen-bond acceptors (Lipinski definition) is 4. The van der Waals surface area contributed by atoms with Gasteiger partial charge in [0, 0.05) is 24.3 Å². The Kier molecular flexibility index (Phi) is 5.69. The van der Waals surface area contributed by atoms with Crippen molar-refractivity contribution in [3.05, 3.63) is 72.2 Å². The molecular weight excluding hydrogens is 407 g/mol. The largest absolute Gasteiger partial charge is 0.451 e. The average Bonchev–Trinajstić information content (AvgIpc) is 3.25. The van der Waals surface area contributed by atoms with Gasteiger partial charge in [0.15, 0.2) is 5.76 Å². The van der Waals surface area contributed by atoms with Gasteiger partial charge in [0.05, 0.1) is 4.90 Å². The number of anilines is 1. The number of rotatable bonds is 5. The molecule has 1 amide bonds. The van der Waals surface area contributed by atoms with Gasteiger partial charge in [-0.05, 0) is 67.4 Å². The van der Waals surface area contributed by atoms with Crippen LogP contribution in [0.3, 0.4) is 0 Å². The van der Waals surface area contributed by atoms with E-state index in [0.29, 0.717) is 30.1 Å². The molecule has 2 aromatic carbocycles. The minimum absolute atomic E-state index is 0.0682. The fourth-order valence-electron chi connectivity index (χ4n) is 3.41. The maximum absolute atomic E-state index is 13.1. The lowest BCUT2D eigenvalue weighted by Gasteiger charge is -2.26. The molecule has 0 unspecified atom stereocenters. The first-order chi connectivity index (χ1) is 14.4. The van der Waals surface area contributed by atoms with E-state index in [9.17, 15) is 17.6 Å². The first-order valence-corrected chi connectivity index (χ1v) is 11.1. The van der Waals surface area contributed by atoms with Gasteiger partial charge in [-0.25, -0.2) is 12.8 Å². The van der Waals surface area contributed by atoms with Crippen LogP contribution in [0.1, 0.15) is 29.8 Å². The number of sulfonamides is 1. The lowest BCUT2D eigenvalue weighted by Crippen LogP contribution is -2.35. The number of amides is 1. The van der Waals surface area contributed by atoms with E-state index in [1.54, 1.807) is 30.3 Å². The molecule has 1 aromatic heterocycles. The molecular formula is C22H21FN2O4S. The van der Waals surface area contributed by atoms with Crippen molar-refractivity contribution in [1.82, 2.24) is 4.31 Å². The summed E-state index contributed by atoms with van der Waals surface area (Å²) in [6, 6.07) is 15.1. The highest BCUT2D eigenvalue weighted by atomic mass is 32.2. The van der Waals surface area contributed by atoms with Gasteiger partial charge in [-0.2, -0.15) is 4.31 Å². The SMILES string of the molecule is O=C(Nc1cccc(S(=O)(=O)N2CCCCC2)c1)c1ccc(-c2ccc(F)cc2)o1. The van der Waals surface area contributed by atoms with E-state index in [1.165, 1.54) is 34.6 Å². The third kappa shape index (κ3) is 4.29. The normalized spacial score (nSPS) is 15.1. The van der Waals surface area contributed by atoms with Gasteiger partial charge in [-0.3, -0.25) is 4.79 Å². The zero-order chi connectivity index (χ0) is 21.1. The summed E-state index contributed by atoms with van der Waals surface area (Å²) < 4.78 is 45.8. The van der Waals surface area contributed by atoms with Crippen LogP contribution in [-0.4, -0.2) is 31.7 Å². The van der Waals surface area contributed by atoms with E-state index < -0.39 is 15.9 Å². The summed E-state index contributed by atoms with van der Waals surface area (Å²) >= 11 is 0. The molecule has 3 aromatic rings. The molecule has 2 heterocycles. The Bertz CT molecular complexity index is 1150. The molecule has 1 fully saturated rings. The van der Waals surface area contributed by atoms with Gasteiger partial charge in [0.1, 0.15) is 11.6 Å². The van der Waals surface area contributed by atoms with Crippen LogP contribution < -0.4 is 5.32 Å². The van der Waals surface area contributed by atoms with Gasteiger partial charge in [-0.1, -0.05) is 12.5 Å². The molecule has 0 spiro atoms. The van der Waals surface area contributed by atoms with Gasteiger partial charge in [0.25, 0.3) is 5.91 Å². The number of halogens is 1. The van der Waals surface area contributed by atoms with Crippen molar-refractivity contribution in [1.29, 1.82) is 0 Å². The van der Waals surface area contributed by atoms with Gasteiger partial charge in [0.2, 0.25) is 10.0 Å². The molecule has 1 aliphatic heterocycles. The lowest BCUT2D eigenvalue weighted by atomic mass is 10.2. The number of carbonyl (C=O) groups is 1. The number of carbonyl (C=O) groups excluding carboxylic acids is 1. The van der Waals surface area contributed by atoms with Crippen molar-refractivity contribution in [2.75, 3.05) is 18.4 Å². The summed E-state index contributed by atoms with van der Waals surface area (Å²) in [6.07, 6.45) is 2.74. The fraction of sp³-hybridized carbons (Fsp3) is 0.227. The van der Waals surface area contributed by atoms with Crippen molar-refractivity contribution in [2.24, 2.45) is 0 Å². The molecule has 8 heteroatoms. The van der Waals surface area contributed by atoms with E-state index in [-0.39, 0.29) is 16.5 Å². The maximum atomic E-state index is 13.1. The van der Waals surface area contributed by atoms with Gasteiger partial charge < -0.3 is 9.73 Å². The maximum Gasteiger partial charge on any atom is 0.291 e. The highest BCUT2D eigenvalue weighted by Crippen LogP contribution is 2.25. The van der Waals surface area contributed by atoms with Crippen molar-refractivity contribution in [2.45, 2.75) is 24.2 Å². The molecule has 0 saturated carbocycles. The zero-order valence-electron chi connectivity index (χ0n) is 16.2. The summed E-state index contributed by atoms with van der Waals surface area (Å²) in [5.41, 5.74) is 1.00. The summed E-state index contributed by atoms with van der Waals surface area (Å²) in [5, 5.41) is 2.67. The molecule has 4 rings (SSSR count). The lowest BCUT2D eigenvalue weighted by molar-refractivity contribution is 0.0997. The Hall–Kier alpha value is -2.97. The van der Waals surface area contributed by atoms with Crippen molar-refractivity contribution in [3.8, 4) is 11.3 Å². The smallest absolute Gasteiger partial charge is 0.291 e. The average molecular weight is 428 g/mol. The predicted octanol–water partition coefficient (Wildman–Crippen LogP) is 4.51.